The van der Waals surface area contributed by atoms with E-state index in [0.29, 0.717) is 28.6 Å². The van der Waals surface area contributed by atoms with Crippen LogP contribution < -0.4 is 5.32 Å². The van der Waals surface area contributed by atoms with E-state index in [4.69, 9.17) is 9.84 Å². The minimum atomic E-state index is -1.27. The van der Waals surface area contributed by atoms with Crippen LogP contribution in [0.25, 0.3) is 0 Å². The fourth-order valence-electron chi connectivity index (χ4n) is 1.45. The summed E-state index contributed by atoms with van der Waals surface area (Å²) in [6.07, 6.45) is 0.302. The average molecular weight is 286 g/mol. The number of aryl methyl sites for hydroxylation is 1. The molecule has 0 bridgehead atoms. The number of carboxylic acids is 1. The monoisotopic (exact) mass is 286 g/mol. The van der Waals surface area contributed by atoms with Crippen LogP contribution in [0.2, 0.25) is 0 Å². The Morgan fingerprint density at radius 3 is 2.63 bits per heavy atom. The number of ether oxygens (including phenoxy) is 1. The number of aliphatic carboxylic acids is 1. The summed E-state index contributed by atoms with van der Waals surface area (Å²) in [6.45, 7) is 5.25. The molecule has 2 N–H and O–H groups in total. The van der Waals surface area contributed by atoms with Crippen molar-refractivity contribution >= 4 is 23.2 Å². The smallest absolute Gasteiger partial charge is 0.329 e. The van der Waals surface area contributed by atoms with Crippen molar-refractivity contribution in [2.24, 2.45) is 0 Å². The molecule has 7 heteroatoms. The first kappa shape index (κ1) is 15.6. The number of carbonyl (C=O) groups is 2. The summed E-state index contributed by atoms with van der Waals surface area (Å²) in [5.74, 6) is -1.47. The molecule has 0 saturated carbocycles. The zero-order valence-corrected chi connectivity index (χ0v) is 12.3. The SMILES string of the molecule is CCC(C)(NC(=O)c1sc(COC)nc1C)C(=O)O. The van der Waals surface area contributed by atoms with Gasteiger partial charge in [0.25, 0.3) is 5.91 Å². The summed E-state index contributed by atoms with van der Waals surface area (Å²) in [6, 6.07) is 0. The molecular weight excluding hydrogens is 268 g/mol. The maximum absolute atomic E-state index is 12.1. The zero-order valence-electron chi connectivity index (χ0n) is 11.4. The summed E-state index contributed by atoms with van der Waals surface area (Å²) < 4.78 is 4.96. The van der Waals surface area contributed by atoms with Gasteiger partial charge in [-0.2, -0.15) is 0 Å². The van der Waals surface area contributed by atoms with Gasteiger partial charge in [0.2, 0.25) is 0 Å². The molecule has 1 aromatic heterocycles. The van der Waals surface area contributed by atoms with Gasteiger partial charge in [0.15, 0.2) is 0 Å². The lowest BCUT2D eigenvalue weighted by Gasteiger charge is -2.24. The summed E-state index contributed by atoms with van der Waals surface area (Å²) in [4.78, 5) is 27.9. The van der Waals surface area contributed by atoms with Crippen LogP contribution in [0, 0.1) is 6.92 Å². The van der Waals surface area contributed by atoms with Crippen LogP contribution in [-0.2, 0) is 16.1 Å². The third-order valence-corrected chi connectivity index (χ3v) is 4.01. The van der Waals surface area contributed by atoms with Crippen molar-refractivity contribution in [3.8, 4) is 0 Å². The largest absolute Gasteiger partial charge is 0.480 e. The maximum Gasteiger partial charge on any atom is 0.329 e. The highest BCUT2D eigenvalue weighted by Gasteiger charge is 2.34. The predicted molar refractivity (Wildman–Crippen MR) is 71.4 cm³/mol. The van der Waals surface area contributed by atoms with Gasteiger partial charge in [-0.25, -0.2) is 9.78 Å². The van der Waals surface area contributed by atoms with Crippen LogP contribution in [0.15, 0.2) is 0 Å². The molecule has 1 unspecified atom stereocenters. The molecule has 0 aromatic carbocycles. The number of rotatable bonds is 6. The standard InChI is InChI=1S/C12H18N2O4S/c1-5-12(3,11(16)17)14-10(15)9-7(2)13-8(19-9)6-18-4/h5-6H2,1-4H3,(H,14,15)(H,16,17). The highest BCUT2D eigenvalue weighted by molar-refractivity contribution is 7.13. The quantitative estimate of drug-likeness (QED) is 0.829. The van der Waals surface area contributed by atoms with Gasteiger partial charge >= 0.3 is 5.97 Å². The Morgan fingerprint density at radius 2 is 2.16 bits per heavy atom. The van der Waals surface area contributed by atoms with Gasteiger partial charge in [-0.05, 0) is 20.3 Å². The van der Waals surface area contributed by atoms with Gasteiger partial charge in [0, 0.05) is 7.11 Å². The van der Waals surface area contributed by atoms with Crippen LogP contribution in [0.3, 0.4) is 0 Å². The number of nitrogens with one attached hydrogen (secondary N) is 1. The van der Waals surface area contributed by atoms with Gasteiger partial charge in [0.05, 0.1) is 12.3 Å². The molecule has 0 aliphatic heterocycles. The number of carboxylic acid groups (broad SMARTS) is 1. The fourth-order valence-corrected chi connectivity index (χ4v) is 2.38. The van der Waals surface area contributed by atoms with Gasteiger partial charge in [-0.3, -0.25) is 4.79 Å². The van der Waals surface area contributed by atoms with E-state index in [-0.39, 0.29) is 0 Å². The lowest BCUT2D eigenvalue weighted by molar-refractivity contribution is -0.143. The van der Waals surface area contributed by atoms with Crippen LogP contribution >= 0.6 is 11.3 Å². The normalized spacial score (nSPS) is 13.9. The predicted octanol–water partition coefficient (Wildman–Crippen LogP) is 1.58. The number of carbonyl (C=O) groups excluding carboxylic acids is 1. The van der Waals surface area contributed by atoms with Crippen molar-refractivity contribution in [1.29, 1.82) is 0 Å². The summed E-state index contributed by atoms with van der Waals surface area (Å²) >= 11 is 1.21. The Hall–Kier alpha value is -1.47. The first-order valence-electron chi connectivity index (χ1n) is 5.85. The first-order valence-corrected chi connectivity index (χ1v) is 6.66. The average Bonchev–Trinajstić information content (AvgIpc) is 2.70. The van der Waals surface area contributed by atoms with Gasteiger partial charge in [0.1, 0.15) is 15.4 Å². The molecule has 1 heterocycles. The van der Waals surface area contributed by atoms with E-state index in [1.807, 2.05) is 0 Å². The third kappa shape index (κ3) is 3.51. The summed E-state index contributed by atoms with van der Waals surface area (Å²) in [7, 11) is 1.55. The summed E-state index contributed by atoms with van der Waals surface area (Å²) in [5.41, 5.74) is -0.687. The minimum absolute atomic E-state index is 0.302. The van der Waals surface area contributed by atoms with Crippen LogP contribution in [0.5, 0.6) is 0 Å². The van der Waals surface area contributed by atoms with E-state index >= 15 is 0 Å². The molecule has 0 saturated heterocycles. The van der Waals surface area contributed by atoms with Crippen molar-refractivity contribution < 1.29 is 19.4 Å². The highest BCUT2D eigenvalue weighted by atomic mass is 32.1. The van der Waals surface area contributed by atoms with Crippen LogP contribution in [0.4, 0.5) is 0 Å². The second-order valence-corrected chi connectivity index (χ2v) is 5.48. The van der Waals surface area contributed by atoms with Gasteiger partial charge < -0.3 is 15.2 Å². The lowest BCUT2D eigenvalue weighted by atomic mass is 9.99. The van der Waals surface area contributed by atoms with E-state index in [2.05, 4.69) is 10.3 Å². The Bertz CT molecular complexity index is 486. The van der Waals surface area contributed by atoms with Crippen molar-refractivity contribution in [3.05, 3.63) is 15.6 Å². The first-order chi connectivity index (χ1) is 8.84. The minimum Gasteiger partial charge on any atom is -0.480 e. The molecule has 0 aliphatic rings. The number of nitrogens with zero attached hydrogens (tertiary/aromatic N) is 1. The van der Waals surface area contributed by atoms with Crippen molar-refractivity contribution in [2.45, 2.75) is 39.3 Å². The van der Waals surface area contributed by atoms with E-state index in [1.165, 1.54) is 18.3 Å². The second-order valence-electron chi connectivity index (χ2n) is 4.40. The molecule has 1 atom stereocenters. The van der Waals surface area contributed by atoms with Crippen molar-refractivity contribution in [2.75, 3.05) is 7.11 Å². The number of amides is 1. The van der Waals surface area contributed by atoms with Crippen LogP contribution in [-0.4, -0.2) is 34.6 Å². The van der Waals surface area contributed by atoms with Gasteiger partial charge in [-0.15, -0.1) is 11.3 Å². The molecular formula is C12H18N2O4S. The topological polar surface area (TPSA) is 88.5 Å². The number of thiazole rings is 1. The molecule has 0 radical (unpaired) electrons. The number of methoxy groups -OCH3 is 1. The Morgan fingerprint density at radius 1 is 1.53 bits per heavy atom. The Balaban J connectivity index is 2.92. The molecule has 1 amide bonds. The molecule has 6 nitrogen and oxygen atoms in total. The molecule has 19 heavy (non-hydrogen) atoms. The number of hydrogen-bond donors (Lipinski definition) is 2. The van der Waals surface area contributed by atoms with E-state index in [9.17, 15) is 9.59 Å². The highest BCUT2D eigenvalue weighted by Crippen LogP contribution is 2.20. The van der Waals surface area contributed by atoms with Crippen molar-refractivity contribution in [1.82, 2.24) is 10.3 Å². The van der Waals surface area contributed by atoms with Crippen LogP contribution in [0.1, 0.15) is 40.6 Å². The van der Waals surface area contributed by atoms with Gasteiger partial charge in [-0.1, -0.05) is 6.92 Å². The molecule has 106 valence electrons. The zero-order chi connectivity index (χ0) is 14.6. The molecule has 0 spiro atoms. The number of aromatic nitrogens is 1. The molecule has 0 fully saturated rings. The third-order valence-electron chi connectivity index (χ3n) is 2.88. The lowest BCUT2D eigenvalue weighted by Crippen LogP contribution is -2.51. The molecule has 0 aliphatic carbocycles. The number of hydrogen-bond acceptors (Lipinski definition) is 5. The molecule has 1 rings (SSSR count). The second kappa shape index (κ2) is 6.12. The van der Waals surface area contributed by atoms with E-state index in [0.717, 1.165) is 0 Å². The van der Waals surface area contributed by atoms with Crippen molar-refractivity contribution in [3.63, 3.8) is 0 Å². The van der Waals surface area contributed by atoms with E-state index < -0.39 is 17.4 Å². The Labute approximate surface area is 115 Å². The maximum atomic E-state index is 12.1. The summed E-state index contributed by atoms with van der Waals surface area (Å²) in [5, 5.41) is 12.4. The molecule has 1 aromatic rings. The Kier molecular flexibility index (Phi) is 5.02. The van der Waals surface area contributed by atoms with E-state index in [1.54, 1.807) is 21.0 Å². The fraction of sp³-hybridized carbons (Fsp3) is 0.583.